The number of amides is 2. The van der Waals surface area contributed by atoms with Crippen LogP contribution in [0.15, 0.2) is 54.6 Å². The molecule has 7 heteroatoms. The number of benzene rings is 2. The largest absolute Gasteiger partial charge is 0.435 e. The maximum absolute atomic E-state index is 12.4. The number of hydrogen-bond donors (Lipinski definition) is 2. The molecule has 0 aliphatic heterocycles. The zero-order valence-corrected chi connectivity index (χ0v) is 15.6. The fourth-order valence-electron chi connectivity index (χ4n) is 2.30. The van der Waals surface area contributed by atoms with Crippen LogP contribution >= 0.6 is 0 Å². The van der Waals surface area contributed by atoms with E-state index in [1.165, 1.54) is 24.3 Å². The first-order valence-corrected chi connectivity index (χ1v) is 8.83. The molecule has 2 amide bonds. The maximum atomic E-state index is 12.4. The van der Waals surface area contributed by atoms with Gasteiger partial charge in [-0.3, -0.25) is 9.59 Å². The lowest BCUT2D eigenvalue weighted by Crippen LogP contribution is -2.32. The van der Waals surface area contributed by atoms with Gasteiger partial charge < -0.3 is 15.4 Å². The Hall–Kier alpha value is -3.22. The van der Waals surface area contributed by atoms with Crippen LogP contribution in [0.3, 0.4) is 0 Å². The van der Waals surface area contributed by atoms with Crippen LogP contribution in [-0.2, 0) is 4.79 Å². The summed E-state index contributed by atoms with van der Waals surface area (Å²) in [5.74, 6) is -0.640. The molecule has 2 aromatic carbocycles. The quantitative estimate of drug-likeness (QED) is 0.656. The van der Waals surface area contributed by atoms with Crippen molar-refractivity contribution >= 4 is 23.6 Å². The van der Waals surface area contributed by atoms with Crippen molar-refractivity contribution in [1.82, 2.24) is 5.32 Å². The lowest BCUT2D eigenvalue weighted by molar-refractivity contribution is -0.111. The Bertz CT molecular complexity index is 836. The molecule has 0 saturated heterocycles. The highest BCUT2D eigenvalue weighted by Gasteiger charge is 2.13. The highest BCUT2D eigenvalue weighted by molar-refractivity contribution is 6.07. The maximum Gasteiger partial charge on any atom is 0.387 e. The van der Waals surface area contributed by atoms with Gasteiger partial charge in [-0.05, 0) is 49.2 Å². The van der Waals surface area contributed by atoms with E-state index in [9.17, 15) is 18.4 Å². The van der Waals surface area contributed by atoms with Crippen molar-refractivity contribution in [2.24, 2.45) is 0 Å². The molecule has 0 spiro atoms. The summed E-state index contributed by atoms with van der Waals surface area (Å²) in [5, 5.41) is 5.54. The second kappa shape index (κ2) is 10.2. The molecule has 0 heterocycles. The lowest BCUT2D eigenvalue weighted by Gasteiger charge is -2.14. The van der Waals surface area contributed by atoms with Gasteiger partial charge in [0, 0.05) is 12.1 Å². The van der Waals surface area contributed by atoms with Gasteiger partial charge >= 0.3 is 6.61 Å². The fraction of sp³-hybridized carbons (Fsp3) is 0.238. The monoisotopic (exact) mass is 388 g/mol. The summed E-state index contributed by atoms with van der Waals surface area (Å²) in [6.07, 6.45) is 3.62. The predicted octanol–water partition coefficient (Wildman–Crippen LogP) is 4.47. The van der Waals surface area contributed by atoms with E-state index in [0.29, 0.717) is 16.8 Å². The van der Waals surface area contributed by atoms with Gasteiger partial charge in [-0.25, -0.2) is 0 Å². The summed E-state index contributed by atoms with van der Waals surface area (Å²) in [6.45, 7) is 0.986. The first-order valence-electron chi connectivity index (χ1n) is 8.83. The van der Waals surface area contributed by atoms with E-state index in [2.05, 4.69) is 15.4 Å². The molecule has 0 aliphatic carbocycles. The molecule has 2 aromatic rings. The number of carbonyl (C=O) groups excluding carboxylic acids is 2. The van der Waals surface area contributed by atoms with Crippen molar-refractivity contribution in [3.05, 3.63) is 65.7 Å². The van der Waals surface area contributed by atoms with E-state index >= 15 is 0 Å². The van der Waals surface area contributed by atoms with Gasteiger partial charge in [-0.1, -0.05) is 31.2 Å². The van der Waals surface area contributed by atoms with Crippen LogP contribution in [0.2, 0.25) is 0 Å². The van der Waals surface area contributed by atoms with Crippen LogP contribution in [0.1, 0.15) is 36.2 Å². The molecule has 0 aromatic heterocycles. The number of anilines is 1. The SMILES string of the molecule is CC[C@H](C)NC(=O)c1ccccc1NC(=O)/C=C/c1ccc(OC(F)F)cc1. The smallest absolute Gasteiger partial charge is 0.387 e. The molecule has 0 aliphatic rings. The van der Waals surface area contributed by atoms with Gasteiger partial charge in [-0.15, -0.1) is 0 Å². The Balaban J connectivity index is 2.03. The third kappa shape index (κ3) is 6.50. The average Bonchev–Trinajstić information content (AvgIpc) is 2.67. The van der Waals surface area contributed by atoms with Crippen molar-refractivity contribution < 1.29 is 23.1 Å². The van der Waals surface area contributed by atoms with Crippen molar-refractivity contribution in [3.63, 3.8) is 0 Å². The van der Waals surface area contributed by atoms with E-state index in [0.717, 1.165) is 6.42 Å². The second-order valence-electron chi connectivity index (χ2n) is 6.10. The number of alkyl halides is 2. The van der Waals surface area contributed by atoms with Gasteiger partial charge in [0.2, 0.25) is 5.91 Å². The minimum atomic E-state index is -2.88. The number of rotatable bonds is 8. The molecule has 0 saturated carbocycles. The highest BCUT2D eigenvalue weighted by Crippen LogP contribution is 2.17. The summed E-state index contributed by atoms with van der Waals surface area (Å²) in [4.78, 5) is 24.6. The van der Waals surface area contributed by atoms with E-state index in [4.69, 9.17) is 0 Å². The minimum absolute atomic E-state index is 0.0215. The molecule has 5 nitrogen and oxygen atoms in total. The summed E-state index contributed by atoms with van der Waals surface area (Å²) < 4.78 is 28.6. The van der Waals surface area contributed by atoms with E-state index in [1.807, 2.05) is 13.8 Å². The first-order chi connectivity index (χ1) is 13.4. The molecule has 148 valence electrons. The fourth-order valence-corrected chi connectivity index (χ4v) is 2.30. The van der Waals surface area contributed by atoms with Gasteiger partial charge in [-0.2, -0.15) is 8.78 Å². The molecule has 0 radical (unpaired) electrons. The molecular formula is C21H22F2N2O3. The van der Waals surface area contributed by atoms with E-state index < -0.39 is 12.5 Å². The van der Waals surface area contributed by atoms with Crippen LogP contribution < -0.4 is 15.4 Å². The molecular weight excluding hydrogens is 366 g/mol. The predicted molar refractivity (Wildman–Crippen MR) is 104 cm³/mol. The lowest BCUT2D eigenvalue weighted by atomic mass is 10.1. The Morgan fingerprint density at radius 2 is 1.79 bits per heavy atom. The Labute approximate surface area is 162 Å². The third-order valence-electron chi connectivity index (χ3n) is 3.95. The van der Waals surface area contributed by atoms with Crippen LogP contribution in [0.25, 0.3) is 6.08 Å². The van der Waals surface area contributed by atoms with Gasteiger partial charge in [0.1, 0.15) is 5.75 Å². The van der Waals surface area contributed by atoms with E-state index in [1.54, 1.807) is 36.4 Å². The average molecular weight is 388 g/mol. The Morgan fingerprint density at radius 3 is 2.43 bits per heavy atom. The zero-order chi connectivity index (χ0) is 20.5. The number of ether oxygens (including phenoxy) is 1. The zero-order valence-electron chi connectivity index (χ0n) is 15.6. The van der Waals surface area contributed by atoms with Crippen LogP contribution in [-0.4, -0.2) is 24.5 Å². The van der Waals surface area contributed by atoms with E-state index in [-0.39, 0.29) is 17.7 Å². The van der Waals surface area contributed by atoms with Crippen molar-refractivity contribution in [3.8, 4) is 5.75 Å². The molecule has 2 N–H and O–H groups in total. The number of carbonyl (C=O) groups is 2. The summed E-state index contributed by atoms with van der Waals surface area (Å²) in [6, 6.07) is 12.6. The standard InChI is InChI=1S/C21H22F2N2O3/c1-3-14(2)24-20(27)17-6-4-5-7-18(17)25-19(26)13-10-15-8-11-16(12-9-15)28-21(22)23/h4-14,21H,3H2,1-2H3,(H,24,27)(H,25,26)/b13-10+/t14-/m0/s1. The van der Waals surface area contributed by atoms with Gasteiger partial charge in [0.05, 0.1) is 11.3 Å². The highest BCUT2D eigenvalue weighted by atomic mass is 19.3. The molecule has 1 atom stereocenters. The van der Waals surface area contributed by atoms with Crippen LogP contribution in [0.5, 0.6) is 5.75 Å². The van der Waals surface area contributed by atoms with Crippen LogP contribution in [0, 0.1) is 0 Å². The number of halogens is 2. The molecule has 0 fully saturated rings. The normalized spacial score (nSPS) is 12.0. The Morgan fingerprint density at radius 1 is 1.11 bits per heavy atom. The third-order valence-corrected chi connectivity index (χ3v) is 3.95. The van der Waals surface area contributed by atoms with Crippen molar-refractivity contribution in [1.29, 1.82) is 0 Å². The number of hydrogen-bond acceptors (Lipinski definition) is 3. The van der Waals surface area contributed by atoms with Crippen LogP contribution in [0.4, 0.5) is 14.5 Å². The Kier molecular flexibility index (Phi) is 7.68. The molecule has 2 rings (SSSR count). The molecule has 0 unspecified atom stereocenters. The minimum Gasteiger partial charge on any atom is -0.435 e. The van der Waals surface area contributed by atoms with Crippen molar-refractivity contribution in [2.45, 2.75) is 32.9 Å². The molecule has 0 bridgehead atoms. The first kappa shape index (κ1) is 21.1. The summed E-state index contributed by atoms with van der Waals surface area (Å²) >= 11 is 0. The summed E-state index contributed by atoms with van der Waals surface area (Å²) in [5.41, 5.74) is 1.41. The number of para-hydroxylation sites is 1. The topological polar surface area (TPSA) is 67.4 Å². The van der Waals surface area contributed by atoms with Gasteiger partial charge in [0.15, 0.2) is 0 Å². The second-order valence-corrected chi connectivity index (χ2v) is 6.10. The molecule has 28 heavy (non-hydrogen) atoms. The van der Waals surface area contributed by atoms with Gasteiger partial charge in [0.25, 0.3) is 5.91 Å². The van der Waals surface area contributed by atoms with Crippen molar-refractivity contribution in [2.75, 3.05) is 5.32 Å². The number of nitrogens with one attached hydrogen (secondary N) is 2. The summed E-state index contributed by atoms with van der Waals surface area (Å²) in [7, 11) is 0.